The van der Waals surface area contributed by atoms with Crippen molar-refractivity contribution < 1.29 is 14.6 Å². The van der Waals surface area contributed by atoms with Crippen LogP contribution in [0.2, 0.25) is 0 Å². The molecule has 0 aromatic heterocycles. The van der Waals surface area contributed by atoms with Crippen molar-refractivity contribution in [1.82, 2.24) is 4.90 Å². The maximum Gasteiger partial charge on any atom is 0.254 e. The Morgan fingerprint density at radius 2 is 2.33 bits per heavy atom. The Bertz CT molecular complexity index is 265. The van der Waals surface area contributed by atoms with E-state index < -0.39 is 5.60 Å². The summed E-state index contributed by atoms with van der Waals surface area (Å²) in [5, 5.41) is 9.57. The summed E-state index contributed by atoms with van der Waals surface area (Å²) in [6, 6.07) is 0. The van der Waals surface area contributed by atoms with Gasteiger partial charge in [0.25, 0.3) is 5.91 Å². The number of amides is 1. The van der Waals surface area contributed by atoms with Gasteiger partial charge in [0, 0.05) is 20.2 Å². The van der Waals surface area contributed by atoms with Crippen molar-refractivity contribution in [2.45, 2.75) is 25.9 Å². The summed E-state index contributed by atoms with van der Waals surface area (Å²) in [7, 11) is 1.66. The molecular formula is C11H19NO3. The summed E-state index contributed by atoms with van der Waals surface area (Å²) in [5.41, 5.74) is -0.0515. The zero-order valence-electron chi connectivity index (χ0n) is 9.62. The van der Waals surface area contributed by atoms with Crippen LogP contribution in [0.4, 0.5) is 0 Å². The molecule has 1 rings (SSSR count). The fourth-order valence-electron chi connectivity index (χ4n) is 1.60. The second-order valence-corrected chi connectivity index (χ2v) is 4.36. The molecular weight excluding hydrogens is 194 g/mol. The van der Waals surface area contributed by atoms with Crippen LogP contribution in [-0.2, 0) is 9.53 Å². The molecule has 1 aliphatic heterocycles. The minimum absolute atomic E-state index is 0.213. The molecule has 0 atom stereocenters. The number of methoxy groups -OCH3 is 1. The van der Waals surface area contributed by atoms with Crippen LogP contribution in [0.5, 0.6) is 0 Å². The van der Waals surface area contributed by atoms with E-state index in [1.807, 2.05) is 6.08 Å². The first-order chi connectivity index (χ1) is 6.95. The lowest BCUT2D eigenvalue weighted by molar-refractivity contribution is -0.147. The highest BCUT2D eigenvalue weighted by Crippen LogP contribution is 2.15. The number of carbonyl (C=O) groups is 1. The van der Waals surface area contributed by atoms with E-state index in [0.29, 0.717) is 19.7 Å². The lowest BCUT2D eigenvalue weighted by atomic mass is 10.0. The van der Waals surface area contributed by atoms with Gasteiger partial charge < -0.3 is 14.7 Å². The fraction of sp³-hybridized carbons (Fsp3) is 0.727. The first-order valence-electron chi connectivity index (χ1n) is 5.13. The smallest absolute Gasteiger partial charge is 0.254 e. The largest absolute Gasteiger partial charge is 0.381 e. The molecule has 0 aliphatic carbocycles. The van der Waals surface area contributed by atoms with Crippen LogP contribution in [0.15, 0.2) is 11.6 Å². The Hall–Kier alpha value is -0.870. The Balaban J connectivity index is 2.54. The molecule has 1 amide bonds. The molecule has 4 heteroatoms. The molecule has 0 saturated carbocycles. The lowest BCUT2D eigenvalue weighted by Crippen LogP contribution is -2.46. The number of nitrogens with zero attached hydrogens (tertiary/aromatic N) is 1. The molecule has 1 aliphatic rings. The third-order valence-electron chi connectivity index (χ3n) is 2.44. The van der Waals surface area contributed by atoms with E-state index in [-0.39, 0.29) is 5.91 Å². The molecule has 4 nitrogen and oxygen atoms in total. The summed E-state index contributed by atoms with van der Waals surface area (Å²) >= 11 is 0. The second-order valence-electron chi connectivity index (χ2n) is 4.36. The van der Waals surface area contributed by atoms with Gasteiger partial charge in [-0.1, -0.05) is 6.08 Å². The summed E-state index contributed by atoms with van der Waals surface area (Å²) < 4.78 is 5.02. The Labute approximate surface area is 90.5 Å². The topological polar surface area (TPSA) is 49.8 Å². The van der Waals surface area contributed by atoms with Crippen LogP contribution in [0, 0.1) is 0 Å². The SMILES string of the molecule is COCC1=CCN(C(=O)C(C)(C)O)CC1. The minimum atomic E-state index is -1.27. The zero-order valence-corrected chi connectivity index (χ0v) is 9.62. The van der Waals surface area contributed by atoms with E-state index in [1.54, 1.807) is 12.0 Å². The minimum Gasteiger partial charge on any atom is -0.381 e. The van der Waals surface area contributed by atoms with Crippen molar-refractivity contribution in [3.63, 3.8) is 0 Å². The van der Waals surface area contributed by atoms with E-state index in [0.717, 1.165) is 6.42 Å². The second kappa shape index (κ2) is 4.77. The number of hydrogen-bond acceptors (Lipinski definition) is 3. The van der Waals surface area contributed by atoms with Crippen molar-refractivity contribution in [3.8, 4) is 0 Å². The van der Waals surface area contributed by atoms with Gasteiger partial charge in [0.15, 0.2) is 0 Å². The van der Waals surface area contributed by atoms with E-state index in [2.05, 4.69) is 0 Å². The molecule has 1 N–H and O–H groups in total. The first kappa shape index (κ1) is 12.2. The van der Waals surface area contributed by atoms with Crippen molar-refractivity contribution in [2.24, 2.45) is 0 Å². The van der Waals surface area contributed by atoms with Crippen LogP contribution in [0.3, 0.4) is 0 Å². The predicted octanol–water partition coefficient (Wildman–Crippen LogP) is 0.562. The highest BCUT2D eigenvalue weighted by atomic mass is 16.5. The summed E-state index contributed by atoms with van der Waals surface area (Å²) in [5.74, 6) is -0.213. The van der Waals surface area contributed by atoms with Crippen LogP contribution < -0.4 is 0 Å². The van der Waals surface area contributed by atoms with Crippen molar-refractivity contribution in [1.29, 1.82) is 0 Å². The van der Waals surface area contributed by atoms with E-state index in [1.165, 1.54) is 19.4 Å². The zero-order chi connectivity index (χ0) is 11.5. The van der Waals surface area contributed by atoms with Crippen molar-refractivity contribution in [2.75, 3.05) is 26.8 Å². The summed E-state index contributed by atoms with van der Waals surface area (Å²) in [4.78, 5) is 13.4. The number of aliphatic hydroxyl groups is 1. The van der Waals surface area contributed by atoms with E-state index in [9.17, 15) is 9.90 Å². The van der Waals surface area contributed by atoms with E-state index >= 15 is 0 Å². The fourth-order valence-corrected chi connectivity index (χ4v) is 1.60. The number of ether oxygens (including phenoxy) is 1. The highest BCUT2D eigenvalue weighted by molar-refractivity contribution is 5.84. The molecule has 0 spiro atoms. The molecule has 1 heterocycles. The summed E-state index contributed by atoms with van der Waals surface area (Å²) in [6.07, 6.45) is 2.83. The Kier molecular flexibility index (Phi) is 3.88. The quantitative estimate of drug-likeness (QED) is 0.697. The maximum absolute atomic E-state index is 11.7. The number of carbonyl (C=O) groups excluding carboxylic acids is 1. The average Bonchev–Trinajstić information content (AvgIpc) is 2.17. The molecule has 0 aromatic carbocycles. The van der Waals surface area contributed by atoms with Crippen LogP contribution in [0.1, 0.15) is 20.3 Å². The molecule has 0 unspecified atom stereocenters. The van der Waals surface area contributed by atoms with Gasteiger partial charge in [0.05, 0.1) is 6.61 Å². The summed E-state index contributed by atoms with van der Waals surface area (Å²) in [6.45, 7) is 4.90. The first-order valence-corrected chi connectivity index (χ1v) is 5.13. The predicted molar refractivity (Wildman–Crippen MR) is 57.5 cm³/mol. The third kappa shape index (κ3) is 3.32. The Morgan fingerprint density at radius 1 is 1.67 bits per heavy atom. The van der Waals surface area contributed by atoms with Gasteiger partial charge in [-0.25, -0.2) is 0 Å². The monoisotopic (exact) mass is 213 g/mol. The van der Waals surface area contributed by atoms with Gasteiger partial charge in [-0.3, -0.25) is 4.79 Å². The van der Waals surface area contributed by atoms with Crippen LogP contribution in [-0.4, -0.2) is 48.3 Å². The van der Waals surface area contributed by atoms with Gasteiger partial charge in [-0.05, 0) is 25.8 Å². The van der Waals surface area contributed by atoms with Gasteiger partial charge in [0.2, 0.25) is 0 Å². The van der Waals surface area contributed by atoms with Gasteiger partial charge in [0.1, 0.15) is 5.60 Å². The van der Waals surface area contributed by atoms with Crippen molar-refractivity contribution >= 4 is 5.91 Å². The maximum atomic E-state index is 11.7. The molecule has 0 fully saturated rings. The lowest BCUT2D eigenvalue weighted by Gasteiger charge is -2.31. The Morgan fingerprint density at radius 3 is 2.73 bits per heavy atom. The molecule has 86 valence electrons. The molecule has 15 heavy (non-hydrogen) atoms. The number of hydrogen-bond donors (Lipinski definition) is 1. The third-order valence-corrected chi connectivity index (χ3v) is 2.44. The van der Waals surface area contributed by atoms with Gasteiger partial charge in [-0.2, -0.15) is 0 Å². The molecule has 0 radical (unpaired) electrons. The standard InChI is InChI=1S/C11H19NO3/c1-11(2,14)10(13)12-6-4-9(5-7-12)8-15-3/h4,14H,5-8H2,1-3H3. The number of rotatable bonds is 3. The highest BCUT2D eigenvalue weighted by Gasteiger charge is 2.29. The average molecular weight is 213 g/mol. The normalized spacial score (nSPS) is 17.6. The van der Waals surface area contributed by atoms with Crippen LogP contribution in [0.25, 0.3) is 0 Å². The molecule has 0 aromatic rings. The van der Waals surface area contributed by atoms with Crippen molar-refractivity contribution in [3.05, 3.63) is 11.6 Å². The van der Waals surface area contributed by atoms with Crippen LogP contribution >= 0.6 is 0 Å². The van der Waals surface area contributed by atoms with E-state index in [4.69, 9.17) is 4.74 Å². The molecule has 0 bridgehead atoms. The molecule has 0 saturated heterocycles. The van der Waals surface area contributed by atoms with Gasteiger partial charge in [-0.15, -0.1) is 0 Å². The van der Waals surface area contributed by atoms with Gasteiger partial charge >= 0.3 is 0 Å².